The van der Waals surface area contributed by atoms with Crippen LogP contribution in [0.3, 0.4) is 0 Å². The highest BCUT2D eigenvalue weighted by Gasteiger charge is 2.31. The van der Waals surface area contributed by atoms with Crippen LogP contribution in [0, 0.1) is 5.82 Å². The summed E-state index contributed by atoms with van der Waals surface area (Å²) in [4.78, 5) is 36.3. The number of ether oxygens (including phenoxy) is 1. The summed E-state index contributed by atoms with van der Waals surface area (Å²) in [5, 5.41) is 0. The minimum absolute atomic E-state index is 0.217. The first-order valence-corrected chi connectivity index (χ1v) is 9.68. The number of nitrogens with one attached hydrogen (secondary N) is 1. The second-order valence-corrected chi connectivity index (χ2v) is 7.71. The largest absolute Gasteiger partial charge is 0.455 e. The normalized spacial score (nSPS) is 17.4. The zero-order valence-electron chi connectivity index (χ0n) is 14.4. The van der Waals surface area contributed by atoms with Crippen LogP contribution in [0.4, 0.5) is 4.39 Å². The second kappa shape index (κ2) is 8.91. The van der Waals surface area contributed by atoms with Gasteiger partial charge in [-0.1, -0.05) is 0 Å². The van der Waals surface area contributed by atoms with Crippen LogP contribution in [0.25, 0.3) is 0 Å². The summed E-state index contributed by atoms with van der Waals surface area (Å²) >= 11 is 0. The van der Waals surface area contributed by atoms with Crippen molar-refractivity contribution in [1.82, 2.24) is 9.62 Å². The highest BCUT2D eigenvalue weighted by atomic mass is 32.2. The van der Waals surface area contributed by atoms with Gasteiger partial charge in [0.1, 0.15) is 18.4 Å². The molecule has 11 heteroatoms. The van der Waals surface area contributed by atoms with Crippen molar-refractivity contribution < 1.29 is 31.9 Å². The number of amides is 2. The third-order valence-electron chi connectivity index (χ3n) is 4.04. The molecule has 0 aliphatic carbocycles. The predicted octanol–water partition coefficient (Wildman–Crippen LogP) is -0.486. The SMILES string of the molecule is NC(=O)[C@@H]1CCCCN1C(=O)COC(=O)CNS(=O)(=O)c1ccc(F)cc1. The summed E-state index contributed by atoms with van der Waals surface area (Å²) in [6.07, 6.45) is 1.93. The lowest BCUT2D eigenvalue weighted by Gasteiger charge is -2.33. The van der Waals surface area contributed by atoms with Gasteiger partial charge in [-0.3, -0.25) is 14.4 Å². The molecule has 0 radical (unpaired) electrons. The fourth-order valence-corrected chi connectivity index (χ4v) is 3.62. The van der Waals surface area contributed by atoms with E-state index in [1.165, 1.54) is 4.90 Å². The number of primary amides is 1. The minimum atomic E-state index is -4.03. The van der Waals surface area contributed by atoms with Crippen molar-refractivity contribution in [3.05, 3.63) is 30.1 Å². The first kappa shape index (κ1) is 20.8. The number of nitrogens with two attached hydrogens (primary N) is 1. The Hall–Kier alpha value is -2.53. The smallest absolute Gasteiger partial charge is 0.321 e. The maximum atomic E-state index is 12.8. The fourth-order valence-electron chi connectivity index (χ4n) is 2.65. The molecule has 0 aromatic heterocycles. The van der Waals surface area contributed by atoms with Crippen LogP contribution in [-0.2, 0) is 29.1 Å². The van der Waals surface area contributed by atoms with Gasteiger partial charge in [-0.2, -0.15) is 4.72 Å². The lowest BCUT2D eigenvalue weighted by Crippen LogP contribution is -2.51. The molecule has 2 amide bonds. The van der Waals surface area contributed by atoms with Gasteiger partial charge in [0.05, 0.1) is 4.90 Å². The van der Waals surface area contributed by atoms with Crippen LogP contribution in [0.15, 0.2) is 29.2 Å². The van der Waals surface area contributed by atoms with E-state index in [2.05, 4.69) is 0 Å². The van der Waals surface area contributed by atoms with Crippen LogP contribution in [0.2, 0.25) is 0 Å². The van der Waals surface area contributed by atoms with Crippen LogP contribution < -0.4 is 10.5 Å². The molecule has 1 aliphatic rings. The van der Waals surface area contributed by atoms with Crippen LogP contribution in [0.5, 0.6) is 0 Å². The number of carbonyl (C=O) groups excluding carboxylic acids is 3. The number of esters is 1. The molecule has 1 atom stereocenters. The third-order valence-corrected chi connectivity index (χ3v) is 5.46. The second-order valence-electron chi connectivity index (χ2n) is 5.94. The number of likely N-dealkylation sites (tertiary alicyclic amines) is 1. The van der Waals surface area contributed by atoms with E-state index < -0.39 is 52.8 Å². The number of hydrogen-bond donors (Lipinski definition) is 2. The number of hydrogen-bond acceptors (Lipinski definition) is 6. The summed E-state index contributed by atoms with van der Waals surface area (Å²) < 4.78 is 43.6. The Bertz CT molecular complexity index is 812. The van der Waals surface area contributed by atoms with Crippen molar-refractivity contribution in [2.75, 3.05) is 19.7 Å². The molecule has 1 fully saturated rings. The van der Waals surface area contributed by atoms with Gasteiger partial charge in [0.15, 0.2) is 6.61 Å². The molecule has 0 saturated carbocycles. The summed E-state index contributed by atoms with van der Waals surface area (Å²) in [6, 6.07) is 3.31. The van der Waals surface area contributed by atoms with Gasteiger partial charge in [-0.15, -0.1) is 0 Å². The van der Waals surface area contributed by atoms with Gasteiger partial charge in [0.2, 0.25) is 15.9 Å². The van der Waals surface area contributed by atoms with E-state index in [1.54, 1.807) is 0 Å². The highest BCUT2D eigenvalue weighted by molar-refractivity contribution is 7.89. The molecule has 3 N–H and O–H groups in total. The minimum Gasteiger partial charge on any atom is -0.455 e. The van der Waals surface area contributed by atoms with Crippen molar-refractivity contribution >= 4 is 27.8 Å². The standard InChI is InChI=1S/C16H20FN3O6S/c17-11-4-6-12(7-5-11)27(24,25)19-9-15(22)26-10-14(21)20-8-2-1-3-13(20)16(18)23/h4-7,13,19H,1-3,8-10H2,(H2,18,23)/t13-/m0/s1. The number of halogens is 1. The molecule has 2 rings (SSSR count). The lowest BCUT2D eigenvalue weighted by atomic mass is 10.0. The lowest BCUT2D eigenvalue weighted by molar-refractivity contribution is -0.154. The number of rotatable bonds is 7. The zero-order chi connectivity index (χ0) is 20.0. The molecule has 148 valence electrons. The molecule has 27 heavy (non-hydrogen) atoms. The number of piperidine rings is 1. The third kappa shape index (κ3) is 5.73. The van der Waals surface area contributed by atoms with Crippen molar-refractivity contribution in [2.24, 2.45) is 5.73 Å². The maximum Gasteiger partial charge on any atom is 0.321 e. The average Bonchev–Trinajstić information content (AvgIpc) is 2.64. The molecular weight excluding hydrogens is 381 g/mol. The first-order chi connectivity index (χ1) is 12.7. The molecule has 9 nitrogen and oxygen atoms in total. The highest BCUT2D eigenvalue weighted by Crippen LogP contribution is 2.17. The quantitative estimate of drug-likeness (QED) is 0.592. The number of carbonyl (C=O) groups is 3. The predicted molar refractivity (Wildman–Crippen MR) is 91.1 cm³/mol. The first-order valence-electron chi connectivity index (χ1n) is 8.20. The summed E-state index contributed by atoms with van der Waals surface area (Å²) in [6.45, 7) is -0.992. The van der Waals surface area contributed by atoms with E-state index in [0.717, 1.165) is 30.7 Å². The Balaban J connectivity index is 1.84. The monoisotopic (exact) mass is 401 g/mol. The van der Waals surface area contributed by atoms with Gasteiger partial charge >= 0.3 is 5.97 Å². The van der Waals surface area contributed by atoms with E-state index in [-0.39, 0.29) is 4.90 Å². The number of sulfonamides is 1. The Morgan fingerprint density at radius 3 is 2.52 bits per heavy atom. The van der Waals surface area contributed by atoms with E-state index in [0.29, 0.717) is 19.4 Å². The Morgan fingerprint density at radius 1 is 1.22 bits per heavy atom. The Kier molecular flexibility index (Phi) is 6.86. The number of benzene rings is 1. The van der Waals surface area contributed by atoms with Crippen LogP contribution >= 0.6 is 0 Å². The van der Waals surface area contributed by atoms with E-state index in [4.69, 9.17) is 10.5 Å². The van der Waals surface area contributed by atoms with E-state index in [1.807, 2.05) is 4.72 Å². The van der Waals surface area contributed by atoms with Gasteiger partial charge in [-0.05, 0) is 43.5 Å². The molecule has 0 bridgehead atoms. The van der Waals surface area contributed by atoms with Crippen molar-refractivity contribution in [2.45, 2.75) is 30.2 Å². The summed E-state index contributed by atoms with van der Waals surface area (Å²) in [5.41, 5.74) is 5.27. The molecular formula is C16H20FN3O6S. The van der Waals surface area contributed by atoms with Gasteiger partial charge < -0.3 is 15.4 Å². The topological polar surface area (TPSA) is 136 Å². The molecule has 1 aliphatic heterocycles. The Labute approximate surface area is 155 Å². The molecule has 1 aromatic carbocycles. The van der Waals surface area contributed by atoms with Crippen LogP contribution in [0.1, 0.15) is 19.3 Å². The average molecular weight is 401 g/mol. The van der Waals surface area contributed by atoms with Crippen molar-refractivity contribution in [3.63, 3.8) is 0 Å². The molecule has 1 aromatic rings. The molecule has 0 spiro atoms. The van der Waals surface area contributed by atoms with Gasteiger partial charge in [0, 0.05) is 6.54 Å². The van der Waals surface area contributed by atoms with Gasteiger partial charge in [-0.25, -0.2) is 12.8 Å². The van der Waals surface area contributed by atoms with Crippen molar-refractivity contribution in [1.29, 1.82) is 0 Å². The van der Waals surface area contributed by atoms with Crippen molar-refractivity contribution in [3.8, 4) is 0 Å². The Morgan fingerprint density at radius 2 is 1.89 bits per heavy atom. The fraction of sp³-hybridized carbons (Fsp3) is 0.438. The summed E-state index contributed by atoms with van der Waals surface area (Å²) in [5.74, 6) is -2.77. The zero-order valence-corrected chi connectivity index (χ0v) is 15.2. The summed E-state index contributed by atoms with van der Waals surface area (Å²) in [7, 11) is -4.03. The molecule has 1 saturated heterocycles. The van der Waals surface area contributed by atoms with E-state index >= 15 is 0 Å². The molecule has 1 heterocycles. The molecule has 0 unspecified atom stereocenters. The van der Waals surface area contributed by atoms with Crippen LogP contribution in [-0.4, -0.2) is 56.8 Å². The van der Waals surface area contributed by atoms with E-state index in [9.17, 15) is 27.2 Å². The maximum absolute atomic E-state index is 12.8. The van der Waals surface area contributed by atoms with Gasteiger partial charge in [0.25, 0.3) is 5.91 Å². The number of nitrogens with zero attached hydrogens (tertiary/aromatic N) is 1.